The first-order valence-corrected chi connectivity index (χ1v) is 5.92. The molecular weight excluding hydrogens is 190 g/mol. The van der Waals surface area contributed by atoms with E-state index in [2.05, 4.69) is 26.1 Å². The summed E-state index contributed by atoms with van der Waals surface area (Å²) in [6, 6.07) is 0. The Hall–Kier alpha value is -0.570. The van der Waals surface area contributed by atoms with Gasteiger partial charge in [-0.25, -0.2) is 0 Å². The van der Waals surface area contributed by atoms with E-state index in [1.807, 2.05) is 6.92 Å². The van der Waals surface area contributed by atoms with Crippen molar-refractivity contribution in [2.24, 2.45) is 11.8 Å². The molecule has 3 heteroatoms. The molecule has 0 spiro atoms. The van der Waals surface area contributed by atoms with Crippen molar-refractivity contribution in [2.75, 3.05) is 6.54 Å². The molecule has 3 nitrogen and oxygen atoms in total. The lowest BCUT2D eigenvalue weighted by Crippen LogP contribution is -2.29. The van der Waals surface area contributed by atoms with E-state index in [-0.39, 0.29) is 12.0 Å². The Kier molecular flexibility index (Phi) is 7.39. The number of carbonyl (C=O) groups is 1. The molecule has 2 unspecified atom stereocenters. The summed E-state index contributed by atoms with van der Waals surface area (Å²) < 4.78 is 0. The van der Waals surface area contributed by atoms with Crippen molar-refractivity contribution in [2.45, 2.75) is 53.1 Å². The zero-order valence-electron chi connectivity index (χ0n) is 10.4. The van der Waals surface area contributed by atoms with Gasteiger partial charge in [0.15, 0.2) is 0 Å². The van der Waals surface area contributed by atoms with Crippen molar-refractivity contribution in [3.8, 4) is 0 Å². The molecule has 0 aliphatic carbocycles. The number of nitrogens with one attached hydrogen (secondary N) is 1. The molecule has 0 fully saturated rings. The summed E-state index contributed by atoms with van der Waals surface area (Å²) in [5.74, 6) is 1.05. The maximum atomic E-state index is 11.4. The van der Waals surface area contributed by atoms with E-state index in [1.54, 1.807) is 0 Å². The molecule has 2 N–H and O–H groups in total. The summed E-state index contributed by atoms with van der Waals surface area (Å²) in [4.78, 5) is 11.4. The molecule has 0 rings (SSSR count). The summed E-state index contributed by atoms with van der Waals surface area (Å²) in [5, 5.41) is 12.1. The number of rotatable bonds is 7. The van der Waals surface area contributed by atoms with Crippen molar-refractivity contribution in [1.29, 1.82) is 0 Å². The molecule has 0 aromatic rings. The van der Waals surface area contributed by atoms with Gasteiger partial charge >= 0.3 is 0 Å². The molecule has 0 saturated heterocycles. The van der Waals surface area contributed by atoms with Crippen LogP contribution in [-0.4, -0.2) is 23.7 Å². The highest BCUT2D eigenvalue weighted by atomic mass is 16.3. The zero-order valence-corrected chi connectivity index (χ0v) is 10.4. The van der Waals surface area contributed by atoms with Crippen LogP contribution in [0.3, 0.4) is 0 Å². The van der Waals surface area contributed by atoms with Gasteiger partial charge in [-0.1, -0.05) is 27.7 Å². The minimum atomic E-state index is -0.284. The second-order valence-electron chi connectivity index (χ2n) is 4.63. The highest BCUT2D eigenvalue weighted by Gasteiger charge is 2.12. The van der Waals surface area contributed by atoms with Gasteiger partial charge in [-0.15, -0.1) is 0 Å². The van der Waals surface area contributed by atoms with Gasteiger partial charge in [-0.3, -0.25) is 4.79 Å². The van der Waals surface area contributed by atoms with E-state index in [9.17, 15) is 9.90 Å². The van der Waals surface area contributed by atoms with E-state index in [0.29, 0.717) is 31.2 Å². The van der Waals surface area contributed by atoms with E-state index in [0.717, 1.165) is 6.42 Å². The third-order valence-corrected chi connectivity index (χ3v) is 2.92. The van der Waals surface area contributed by atoms with Crippen LogP contribution >= 0.6 is 0 Å². The van der Waals surface area contributed by atoms with Crippen LogP contribution < -0.4 is 5.32 Å². The molecule has 0 aromatic heterocycles. The fourth-order valence-corrected chi connectivity index (χ4v) is 1.18. The van der Waals surface area contributed by atoms with Crippen LogP contribution in [0.25, 0.3) is 0 Å². The smallest absolute Gasteiger partial charge is 0.220 e. The van der Waals surface area contributed by atoms with Gasteiger partial charge in [0.1, 0.15) is 0 Å². The van der Waals surface area contributed by atoms with E-state index in [1.165, 1.54) is 0 Å². The Morgan fingerprint density at radius 1 is 1.33 bits per heavy atom. The third kappa shape index (κ3) is 7.37. The molecule has 0 aromatic carbocycles. The quantitative estimate of drug-likeness (QED) is 0.682. The first-order chi connectivity index (χ1) is 6.97. The fraction of sp³-hybridized carbons (Fsp3) is 0.917. The summed E-state index contributed by atoms with van der Waals surface area (Å²) in [5.41, 5.74) is 0. The molecule has 0 aliphatic rings. The SMILES string of the molecule is CCC(O)CCNC(=O)CC(C)C(C)C. The van der Waals surface area contributed by atoms with Gasteiger partial charge in [-0.2, -0.15) is 0 Å². The lowest BCUT2D eigenvalue weighted by molar-refractivity contribution is -0.122. The molecule has 1 amide bonds. The van der Waals surface area contributed by atoms with Gasteiger partial charge in [-0.05, 0) is 24.7 Å². The van der Waals surface area contributed by atoms with Crippen molar-refractivity contribution >= 4 is 5.91 Å². The number of carbonyl (C=O) groups excluding carboxylic acids is 1. The number of aliphatic hydroxyl groups is 1. The van der Waals surface area contributed by atoms with Gasteiger partial charge in [0.05, 0.1) is 6.10 Å². The van der Waals surface area contributed by atoms with Gasteiger partial charge < -0.3 is 10.4 Å². The molecule has 0 bridgehead atoms. The molecule has 15 heavy (non-hydrogen) atoms. The average Bonchev–Trinajstić information content (AvgIpc) is 2.17. The maximum Gasteiger partial charge on any atom is 0.220 e. The van der Waals surface area contributed by atoms with Crippen molar-refractivity contribution in [1.82, 2.24) is 5.32 Å². The van der Waals surface area contributed by atoms with Crippen LogP contribution in [-0.2, 0) is 4.79 Å². The standard InChI is InChI=1S/C12H25NO2/c1-5-11(14)6-7-13-12(15)8-10(4)9(2)3/h9-11,14H,5-8H2,1-4H3,(H,13,15). The summed E-state index contributed by atoms with van der Waals surface area (Å²) in [6.45, 7) is 8.86. The summed E-state index contributed by atoms with van der Waals surface area (Å²) in [7, 11) is 0. The number of aliphatic hydroxyl groups excluding tert-OH is 1. The monoisotopic (exact) mass is 215 g/mol. The summed E-state index contributed by atoms with van der Waals surface area (Å²) >= 11 is 0. The minimum absolute atomic E-state index is 0.0968. The fourth-order valence-electron chi connectivity index (χ4n) is 1.18. The molecule has 0 heterocycles. The Labute approximate surface area is 93.3 Å². The van der Waals surface area contributed by atoms with Crippen molar-refractivity contribution < 1.29 is 9.90 Å². The maximum absolute atomic E-state index is 11.4. The molecule has 2 atom stereocenters. The second-order valence-corrected chi connectivity index (χ2v) is 4.63. The number of hydrogen-bond donors (Lipinski definition) is 2. The summed E-state index contributed by atoms with van der Waals surface area (Å²) in [6.07, 6.45) is 1.70. The van der Waals surface area contributed by atoms with Gasteiger partial charge in [0.25, 0.3) is 0 Å². The van der Waals surface area contributed by atoms with Crippen LogP contribution in [0, 0.1) is 11.8 Å². The lowest BCUT2D eigenvalue weighted by atomic mass is 9.94. The van der Waals surface area contributed by atoms with Crippen LogP contribution in [0.2, 0.25) is 0 Å². The predicted octanol–water partition coefficient (Wildman–Crippen LogP) is 1.95. The van der Waals surface area contributed by atoms with Crippen LogP contribution in [0.4, 0.5) is 0 Å². The van der Waals surface area contributed by atoms with Crippen molar-refractivity contribution in [3.63, 3.8) is 0 Å². The van der Waals surface area contributed by atoms with Crippen LogP contribution in [0.1, 0.15) is 47.0 Å². The molecule has 90 valence electrons. The molecule has 0 saturated carbocycles. The Morgan fingerprint density at radius 3 is 2.40 bits per heavy atom. The minimum Gasteiger partial charge on any atom is -0.393 e. The largest absolute Gasteiger partial charge is 0.393 e. The number of hydrogen-bond acceptors (Lipinski definition) is 2. The first-order valence-electron chi connectivity index (χ1n) is 5.92. The van der Waals surface area contributed by atoms with Gasteiger partial charge in [0.2, 0.25) is 5.91 Å². The lowest BCUT2D eigenvalue weighted by Gasteiger charge is -2.15. The highest BCUT2D eigenvalue weighted by molar-refractivity contribution is 5.76. The zero-order chi connectivity index (χ0) is 11.8. The van der Waals surface area contributed by atoms with E-state index < -0.39 is 0 Å². The normalized spacial score (nSPS) is 15.1. The number of amides is 1. The Morgan fingerprint density at radius 2 is 1.93 bits per heavy atom. The second kappa shape index (κ2) is 7.69. The third-order valence-electron chi connectivity index (χ3n) is 2.92. The molecule has 0 aliphatic heterocycles. The van der Waals surface area contributed by atoms with E-state index >= 15 is 0 Å². The Bertz CT molecular complexity index is 180. The van der Waals surface area contributed by atoms with Crippen LogP contribution in [0.15, 0.2) is 0 Å². The Balaban J connectivity index is 3.58. The van der Waals surface area contributed by atoms with Crippen LogP contribution in [0.5, 0.6) is 0 Å². The van der Waals surface area contributed by atoms with Crippen molar-refractivity contribution in [3.05, 3.63) is 0 Å². The predicted molar refractivity (Wildman–Crippen MR) is 62.5 cm³/mol. The first kappa shape index (κ1) is 14.4. The molecular formula is C12H25NO2. The topological polar surface area (TPSA) is 49.3 Å². The van der Waals surface area contributed by atoms with Gasteiger partial charge in [0, 0.05) is 13.0 Å². The average molecular weight is 215 g/mol. The molecule has 0 radical (unpaired) electrons. The highest BCUT2D eigenvalue weighted by Crippen LogP contribution is 2.13. The van der Waals surface area contributed by atoms with E-state index in [4.69, 9.17) is 0 Å².